The van der Waals surface area contributed by atoms with Crippen LogP contribution in [0.2, 0.25) is 5.28 Å². The summed E-state index contributed by atoms with van der Waals surface area (Å²) in [6.45, 7) is 0. The van der Waals surface area contributed by atoms with Gasteiger partial charge >= 0.3 is 0 Å². The van der Waals surface area contributed by atoms with E-state index < -0.39 is 0 Å². The molecule has 0 aliphatic carbocycles. The van der Waals surface area contributed by atoms with E-state index in [0.717, 1.165) is 20.8 Å². The molecular formula is C11H5BrClN3. The van der Waals surface area contributed by atoms with Gasteiger partial charge in [-0.2, -0.15) is 4.98 Å². The molecule has 0 spiro atoms. The Balaban J connectivity index is 2.49. The topological polar surface area (TPSA) is 38.7 Å². The Labute approximate surface area is 105 Å². The van der Waals surface area contributed by atoms with Crippen molar-refractivity contribution in [2.24, 2.45) is 0 Å². The Hall–Kier alpha value is -1.26. The van der Waals surface area contributed by atoms with Crippen molar-refractivity contribution in [3.63, 3.8) is 0 Å². The molecule has 0 bridgehead atoms. The van der Waals surface area contributed by atoms with E-state index in [0.29, 0.717) is 5.65 Å². The summed E-state index contributed by atoms with van der Waals surface area (Å²) in [7, 11) is 0. The van der Waals surface area contributed by atoms with Crippen molar-refractivity contribution in [1.29, 1.82) is 0 Å². The minimum Gasteiger partial charge on any atom is -0.227 e. The lowest BCUT2D eigenvalue weighted by atomic mass is 10.2. The number of benzene rings is 1. The first-order valence-corrected chi connectivity index (χ1v) is 5.79. The molecule has 1 aromatic carbocycles. The van der Waals surface area contributed by atoms with Gasteiger partial charge in [-0.15, -0.1) is 0 Å². The molecule has 0 radical (unpaired) electrons. The van der Waals surface area contributed by atoms with Crippen molar-refractivity contribution < 1.29 is 0 Å². The number of fused-ring (bicyclic) bond motifs is 2. The van der Waals surface area contributed by atoms with E-state index in [9.17, 15) is 0 Å². The van der Waals surface area contributed by atoms with Gasteiger partial charge in [0.1, 0.15) is 0 Å². The molecule has 2 heterocycles. The van der Waals surface area contributed by atoms with Crippen molar-refractivity contribution in [3.05, 3.63) is 40.2 Å². The minimum atomic E-state index is 0.214. The molecule has 2 aromatic heterocycles. The van der Waals surface area contributed by atoms with Crippen LogP contribution in [0, 0.1) is 0 Å². The Morgan fingerprint density at radius 3 is 2.88 bits per heavy atom. The number of aromatic nitrogens is 3. The number of hydrogen-bond acceptors (Lipinski definition) is 3. The molecule has 16 heavy (non-hydrogen) atoms. The maximum Gasteiger partial charge on any atom is 0.224 e. The zero-order valence-electron chi connectivity index (χ0n) is 7.98. The van der Waals surface area contributed by atoms with Crippen LogP contribution in [0.15, 0.2) is 34.9 Å². The average molecular weight is 295 g/mol. The number of para-hydroxylation sites is 1. The number of pyridine rings is 1. The van der Waals surface area contributed by atoms with Crippen LogP contribution < -0.4 is 0 Å². The fourth-order valence-corrected chi connectivity index (χ4v) is 2.19. The zero-order valence-corrected chi connectivity index (χ0v) is 10.3. The van der Waals surface area contributed by atoms with Crippen LogP contribution in [0.5, 0.6) is 0 Å². The van der Waals surface area contributed by atoms with Crippen molar-refractivity contribution in [2.45, 2.75) is 0 Å². The summed E-state index contributed by atoms with van der Waals surface area (Å²) < 4.78 is 0.946. The van der Waals surface area contributed by atoms with Crippen LogP contribution in [0.3, 0.4) is 0 Å². The molecule has 5 heteroatoms. The largest absolute Gasteiger partial charge is 0.227 e. The molecule has 0 aliphatic heterocycles. The predicted octanol–water partition coefficient (Wildman–Crippen LogP) is 3.59. The van der Waals surface area contributed by atoms with Gasteiger partial charge in [0.25, 0.3) is 0 Å². The SMILES string of the molecule is Clc1ncc2cc3cccc(Br)c3nc2n1. The summed E-state index contributed by atoms with van der Waals surface area (Å²) in [6, 6.07) is 7.92. The van der Waals surface area contributed by atoms with Crippen molar-refractivity contribution in [1.82, 2.24) is 15.0 Å². The molecule has 78 valence electrons. The van der Waals surface area contributed by atoms with Crippen LogP contribution in [-0.4, -0.2) is 15.0 Å². The Bertz CT molecular complexity index is 699. The van der Waals surface area contributed by atoms with E-state index in [1.54, 1.807) is 6.20 Å². The molecule has 0 fully saturated rings. The van der Waals surface area contributed by atoms with E-state index in [-0.39, 0.29) is 5.28 Å². The van der Waals surface area contributed by atoms with Gasteiger partial charge in [0, 0.05) is 21.4 Å². The lowest BCUT2D eigenvalue weighted by Crippen LogP contribution is -1.89. The summed E-state index contributed by atoms with van der Waals surface area (Å²) in [5, 5.41) is 2.15. The third-order valence-electron chi connectivity index (χ3n) is 2.31. The van der Waals surface area contributed by atoms with Crippen molar-refractivity contribution in [3.8, 4) is 0 Å². The molecule has 0 atom stereocenters. The van der Waals surface area contributed by atoms with Crippen molar-refractivity contribution >= 4 is 49.5 Å². The molecule has 0 N–H and O–H groups in total. The number of halogens is 2. The highest BCUT2D eigenvalue weighted by Gasteiger charge is 2.04. The van der Waals surface area contributed by atoms with Gasteiger partial charge in [0.05, 0.1) is 5.52 Å². The first kappa shape index (κ1) is 9.93. The Morgan fingerprint density at radius 2 is 2.00 bits per heavy atom. The molecule has 3 nitrogen and oxygen atoms in total. The van der Waals surface area contributed by atoms with E-state index in [1.165, 1.54) is 0 Å². The normalized spacial score (nSPS) is 11.1. The number of nitrogens with zero attached hydrogens (tertiary/aromatic N) is 3. The van der Waals surface area contributed by atoms with E-state index >= 15 is 0 Å². The standard InChI is InChI=1S/C11H5BrClN3/c12-8-3-1-2-6-4-7-5-14-11(13)16-10(7)15-9(6)8/h1-5H. The lowest BCUT2D eigenvalue weighted by Gasteiger charge is -2.02. The highest BCUT2D eigenvalue weighted by atomic mass is 79.9. The van der Waals surface area contributed by atoms with Gasteiger partial charge in [-0.3, -0.25) is 0 Å². The van der Waals surface area contributed by atoms with E-state index in [4.69, 9.17) is 11.6 Å². The lowest BCUT2D eigenvalue weighted by molar-refractivity contribution is 1.19. The molecular weight excluding hydrogens is 289 g/mol. The fourth-order valence-electron chi connectivity index (χ4n) is 1.59. The van der Waals surface area contributed by atoms with E-state index in [1.807, 2.05) is 24.3 Å². The molecule has 0 aliphatic rings. The molecule has 3 rings (SSSR count). The summed E-state index contributed by atoms with van der Waals surface area (Å²) in [4.78, 5) is 12.5. The smallest absolute Gasteiger partial charge is 0.224 e. The van der Waals surface area contributed by atoms with Gasteiger partial charge in [-0.1, -0.05) is 12.1 Å². The second kappa shape index (κ2) is 3.64. The Kier molecular flexibility index (Phi) is 2.26. The third kappa shape index (κ3) is 1.54. The van der Waals surface area contributed by atoms with Crippen LogP contribution >= 0.6 is 27.5 Å². The third-order valence-corrected chi connectivity index (χ3v) is 3.14. The average Bonchev–Trinajstić information content (AvgIpc) is 2.28. The van der Waals surface area contributed by atoms with E-state index in [2.05, 4.69) is 30.9 Å². The summed E-state index contributed by atoms with van der Waals surface area (Å²) >= 11 is 9.20. The molecule has 3 aromatic rings. The predicted molar refractivity (Wildman–Crippen MR) is 67.5 cm³/mol. The second-order valence-corrected chi connectivity index (χ2v) is 4.54. The Morgan fingerprint density at radius 1 is 1.12 bits per heavy atom. The molecule has 0 unspecified atom stereocenters. The molecule has 0 saturated carbocycles. The highest BCUT2D eigenvalue weighted by Crippen LogP contribution is 2.24. The van der Waals surface area contributed by atoms with Crippen LogP contribution in [0.4, 0.5) is 0 Å². The molecule has 0 saturated heterocycles. The monoisotopic (exact) mass is 293 g/mol. The van der Waals surface area contributed by atoms with Gasteiger partial charge in [-0.05, 0) is 39.7 Å². The van der Waals surface area contributed by atoms with Crippen LogP contribution in [-0.2, 0) is 0 Å². The van der Waals surface area contributed by atoms with Gasteiger partial charge in [-0.25, -0.2) is 9.97 Å². The van der Waals surface area contributed by atoms with Gasteiger partial charge in [0.2, 0.25) is 5.28 Å². The zero-order chi connectivity index (χ0) is 11.1. The first-order valence-electron chi connectivity index (χ1n) is 4.61. The fraction of sp³-hybridized carbons (Fsp3) is 0. The quantitative estimate of drug-likeness (QED) is 0.470. The minimum absolute atomic E-state index is 0.214. The highest BCUT2D eigenvalue weighted by molar-refractivity contribution is 9.10. The molecule has 0 amide bonds. The van der Waals surface area contributed by atoms with Crippen LogP contribution in [0.25, 0.3) is 21.9 Å². The van der Waals surface area contributed by atoms with Gasteiger partial charge < -0.3 is 0 Å². The maximum absolute atomic E-state index is 5.74. The summed E-state index contributed by atoms with van der Waals surface area (Å²) in [5.74, 6) is 0. The number of rotatable bonds is 0. The first-order chi connectivity index (χ1) is 7.74. The van der Waals surface area contributed by atoms with Gasteiger partial charge in [0.15, 0.2) is 5.65 Å². The van der Waals surface area contributed by atoms with Crippen molar-refractivity contribution in [2.75, 3.05) is 0 Å². The summed E-state index contributed by atoms with van der Waals surface area (Å²) in [5.41, 5.74) is 1.49. The van der Waals surface area contributed by atoms with Crippen LogP contribution in [0.1, 0.15) is 0 Å². The number of hydrogen-bond donors (Lipinski definition) is 0. The maximum atomic E-state index is 5.74. The second-order valence-electron chi connectivity index (χ2n) is 3.35. The summed E-state index contributed by atoms with van der Waals surface area (Å²) in [6.07, 6.45) is 1.68.